The maximum absolute atomic E-state index is 11.5. The molecular formula is C23H17N3O2. The summed E-state index contributed by atoms with van der Waals surface area (Å²) in [5.41, 5.74) is 8.22. The van der Waals surface area contributed by atoms with Crippen molar-refractivity contribution in [1.82, 2.24) is 15.0 Å². The summed E-state index contributed by atoms with van der Waals surface area (Å²) in [6, 6.07) is 20.5. The fourth-order valence-corrected chi connectivity index (χ4v) is 4.29. The Kier molecular flexibility index (Phi) is 3.14. The molecule has 0 saturated carbocycles. The Bertz CT molecular complexity index is 1370. The molecule has 0 amide bonds. The maximum Gasteiger partial charge on any atom is 0.323 e. The molecule has 1 atom stereocenters. The zero-order valence-corrected chi connectivity index (χ0v) is 15.0. The standard InChI is InChI=1S/C23H17N3O2/c27-23-25-18-8-7-14(12-20(18)26-23)16-9-13-5-6-15(10-17(13)11-16)22-24-19-3-1-2-4-21(19)28-22/h1-8,10,12,16H,9,11H2,(H2,25,26,27). The minimum absolute atomic E-state index is 0.162. The first-order chi connectivity index (χ1) is 13.7. The van der Waals surface area contributed by atoms with E-state index in [1.807, 2.05) is 30.3 Å². The number of aromatic amines is 2. The first-order valence-corrected chi connectivity index (χ1v) is 9.43. The number of oxazole rings is 1. The number of benzene rings is 3. The summed E-state index contributed by atoms with van der Waals surface area (Å²) < 4.78 is 5.93. The molecular weight excluding hydrogens is 350 g/mol. The number of aromatic nitrogens is 3. The third kappa shape index (κ3) is 2.40. The molecule has 5 aromatic rings. The van der Waals surface area contributed by atoms with Gasteiger partial charge in [0.1, 0.15) is 5.52 Å². The quantitative estimate of drug-likeness (QED) is 0.481. The van der Waals surface area contributed by atoms with Crippen molar-refractivity contribution in [2.45, 2.75) is 18.8 Å². The first-order valence-electron chi connectivity index (χ1n) is 9.43. The highest BCUT2D eigenvalue weighted by Crippen LogP contribution is 2.37. The summed E-state index contributed by atoms with van der Waals surface area (Å²) in [5, 5.41) is 0. The van der Waals surface area contributed by atoms with E-state index in [1.165, 1.54) is 16.7 Å². The number of H-pyrrole nitrogens is 2. The largest absolute Gasteiger partial charge is 0.436 e. The number of hydrogen-bond donors (Lipinski definition) is 2. The van der Waals surface area contributed by atoms with Crippen LogP contribution in [0.5, 0.6) is 0 Å². The summed E-state index contributed by atoms with van der Waals surface area (Å²) in [7, 11) is 0. The van der Waals surface area contributed by atoms with Crippen LogP contribution >= 0.6 is 0 Å². The van der Waals surface area contributed by atoms with E-state index in [2.05, 4.69) is 45.3 Å². The highest BCUT2D eigenvalue weighted by molar-refractivity contribution is 5.77. The van der Waals surface area contributed by atoms with Gasteiger partial charge in [-0.15, -0.1) is 0 Å². The van der Waals surface area contributed by atoms with Gasteiger partial charge in [-0.05, 0) is 71.8 Å². The van der Waals surface area contributed by atoms with E-state index in [0.29, 0.717) is 11.8 Å². The second kappa shape index (κ2) is 5.70. The van der Waals surface area contributed by atoms with Crippen LogP contribution in [0, 0.1) is 0 Å². The third-order valence-electron chi connectivity index (χ3n) is 5.69. The van der Waals surface area contributed by atoms with Crippen molar-refractivity contribution in [1.29, 1.82) is 0 Å². The van der Waals surface area contributed by atoms with E-state index < -0.39 is 0 Å². The molecule has 1 unspecified atom stereocenters. The Hall–Kier alpha value is -3.60. The van der Waals surface area contributed by atoms with Crippen molar-refractivity contribution in [2.75, 3.05) is 0 Å². The van der Waals surface area contributed by atoms with Gasteiger partial charge in [-0.1, -0.05) is 24.3 Å². The average molecular weight is 367 g/mol. The molecule has 5 heteroatoms. The molecule has 5 nitrogen and oxygen atoms in total. The van der Waals surface area contributed by atoms with Crippen LogP contribution in [-0.2, 0) is 12.8 Å². The Balaban J connectivity index is 1.34. The predicted molar refractivity (Wildman–Crippen MR) is 109 cm³/mol. The number of rotatable bonds is 2. The van der Waals surface area contributed by atoms with E-state index in [4.69, 9.17) is 4.42 Å². The third-order valence-corrected chi connectivity index (χ3v) is 5.69. The van der Waals surface area contributed by atoms with Crippen LogP contribution in [0.15, 0.2) is 69.9 Å². The molecule has 0 saturated heterocycles. The molecule has 3 aromatic carbocycles. The zero-order chi connectivity index (χ0) is 18.7. The van der Waals surface area contributed by atoms with Gasteiger partial charge in [0.2, 0.25) is 5.89 Å². The number of para-hydroxylation sites is 2. The van der Waals surface area contributed by atoms with Crippen LogP contribution in [0.25, 0.3) is 33.6 Å². The van der Waals surface area contributed by atoms with Gasteiger partial charge in [0.05, 0.1) is 11.0 Å². The van der Waals surface area contributed by atoms with Crippen LogP contribution < -0.4 is 5.69 Å². The molecule has 28 heavy (non-hydrogen) atoms. The minimum Gasteiger partial charge on any atom is -0.436 e. The van der Waals surface area contributed by atoms with Crippen molar-refractivity contribution in [3.8, 4) is 11.5 Å². The summed E-state index contributed by atoms with van der Waals surface area (Å²) in [6.07, 6.45) is 1.98. The van der Waals surface area contributed by atoms with Crippen LogP contribution in [0.1, 0.15) is 22.6 Å². The molecule has 0 radical (unpaired) electrons. The molecule has 6 rings (SSSR count). The first kappa shape index (κ1) is 15.5. The summed E-state index contributed by atoms with van der Waals surface area (Å²) >= 11 is 0. The molecule has 0 spiro atoms. The van der Waals surface area contributed by atoms with E-state index in [-0.39, 0.29) is 5.69 Å². The molecule has 0 bridgehead atoms. The van der Waals surface area contributed by atoms with Gasteiger partial charge in [0, 0.05) is 5.56 Å². The Labute approximate surface area is 160 Å². The molecule has 2 aromatic heterocycles. The number of hydrogen-bond acceptors (Lipinski definition) is 3. The molecule has 1 aliphatic rings. The van der Waals surface area contributed by atoms with E-state index >= 15 is 0 Å². The summed E-state index contributed by atoms with van der Waals surface area (Å²) in [4.78, 5) is 21.8. The number of fused-ring (bicyclic) bond motifs is 3. The molecule has 1 aliphatic carbocycles. The number of imidazole rings is 1. The summed E-state index contributed by atoms with van der Waals surface area (Å²) in [6.45, 7) is 0. The lowest BCUT2D eigenvalue weighted by Gasteiger charge is -2.09. The van der Waals surface area contributed by atoms with Gasteiger partial charge in [-0.3, -0.25) is 0 Å². The molecule has 136 valence electrons. The Morgan fingerprint density at radius 2 is 1.75 bits per heavy atom. The van der Waals surface area contributed by atoms with Gasteiger partial charge in [-0.25, -0.2) is 9.78 Å². The van der Waals surface area contributed by atoms with Crippen molar-refractivity contribution < 1.29 is 4.42 Å². The smallest absolute Gasteiger partial charge is 0.323 e. The van der Waals surface area contributed by atoms with Crippen molar-refractivity contribution in [2.24, 2.45) is 0 Å². The fraction of sp³-hybridized carbons (Fsp3) is 0.130. The van der Waals surface area contributed by atoms with Crippen LogP contribution in [-0.4, -0.2) is 15.0 Å². The predicted octanol–water partition coefficient (Wildman–Crippen LogP) is 4.55. The normalized spacial score (nSPS) is 16.1. The van der Waals surface area contributed by atoms with Crippen molar-refractivity contribution in [3.05, 3.63) is 87.8 Å². The lowest BCUT2D eigenvalue weighted by molar-refractivity contribution is 0.619. The van der Waals surface area contributed by atoms with Gasteiger partial charge < -0.3 is 14.4 Å². The van der Waals surface area contributed by atoms with Crippen LogP contribution in [0.4, 0.5) is 0 Å². The molecule has 2 N–H and O–H groups in total. The van der Waals surface area contributed by atoms with Gasteiger partial charge in [-0.2, -0.15) is 0 Å². The van der Waals surface area contributed by atoms with E-state index in [0.717, 1.165) is 40.5 Å². The second-order valence-electron chi connectivity index (χ2n) is 7.46. The molecule has 0 fully saturated rings. The summed E-state index contributed by atoms with van der Waals surface area (Å²) in [5.74, 6) is 1.08. The van der Waals surface area contributed by atoms with Gasteiger partial charge in [0.25, 0.3) is 0 Å². The molecule has 0 aliphatic heterocycles. The topological polar surface area (TPSA) is 74.7 Å². The lowest BCUT2D eigenvalue weighted by atomic mass is 9.96. The number of nitrogens with zero attached hydrogens (tertiary/aromatic N) is 1. The Morgan fingerprint density at radius 3 is 2.68 bits per heavy atom. The SMILES string of the molecule is O=c1[nH]c2ccc(C3Cc4ccc(-c5nc6ccccc6o5)cc4C3)cc2[nH]1. The monoisotopic (exact) mass is 367 g/mol. The average Bonchev–Trinajstić information content (AvgIpc) is 3.41. The van der Waals surface area contributed by atoms with Gasteiger partial charge >= 0.3 is 5.69 Å². The second-order valence-corrected chi connectivity index (χ2v) is 7.46. The lowest BCUT2D eigenvalue weighted by Crippen LogP contribution is -1.99. The highest BCUT2D eigenvalue weighted by Gasteiger charge is 2.24. The van der Waals surface area contributed by atoms with Crippen LogP contribution in [0.3, 0.4) is 0 Å². The van der Waals surface area contributed by atoms with E-state index in [1.54, 1.807) is 0 Å². The number of nitrogens with one attached hydrogen (secondary N) is 2. The zero-order valence-electron chi connectivity index (χ0n) is 15.0. The van der Waals surface area contributed by atoms with Crippen LogP contribution in [0.2, 0.25) is 0 Å². The van der Waals surface area contributed by atoms with E-state index in [9.17, 15) is 4.79 Å². The highest BCUT2D eigenvalue weighted by atomic mass is 16.3. The van der Waals surface area contributed by atoms with Crippen molar-refractivity contribution in [3.63, 3.8) is 0 Å². The Morgan fingerprint density at radius 1 is 0.893 bits per heavy atom. The maximum atomic E-state index is 11.5. The molecule has 2 heterocycles. The van der Waals surface area contributed by atoms with Gasteiger partial charge in [0.15, 0.2) is 5.58 Å². The minimum atomic E-state index is -0.162. The van der Waals surface area contributed by atoms with Crippen molar-refractivity contribution >= 4 is 22.1 Å². The fourth-order valence-electron chi connectivity index (χ4n) is 4.29.